The number of carbonyl (C=O) groups is 1. The van der Waals surface area contributed by atoms with E-state index in [0.29, 0.717) is 5.31 Å². The van der Waals surface area contributed by atoms with Gasteiger partial charge in [0.05, 0.1) is 0 Å². The molecule has 2 N–H and O–H groups in total. The molecular formula is C2H5KN2OV. The van der Waals surface area contributed by atoms with Crippen molar-refractivity contribution in [2.45, 2.75) is 0 Å². The van der Waals surface area contributed by atoms with Gasteiger partial charge in [0.25, 0.3) is 0 Å². The zero-order chi connectivity index (χ0) is 5.15. The van der Waals surface area contributed by atoms with E-state index in [1.165, 1.54) is 7.05 Å². The molecule has 2 amide bonds. The largest absolute Gasteiger partial charge is 1.00 e. The molecule has 0 aliphatic carbocycles. The normalized spacial score (nSPS) is 6.71. The van der Waals surface area contributed by atoms with Crippen LogP contribution in [0, 0.1) is 0 Å². The van der Waals surface area contributed by atoms with Gasteiger partial charge >= 0.3 is 51.4 Å². The standard InChI is InChI=1S/C2H6N2O.K.V/c1-4-2(3)5;;/h1H3,(H3,3,4,5);;/q;+1;/p-1/i/hD. The molecule has 1 radical (unpaired) electrons. The molecule has 0 aliphatic rings. The third kappa shape index (κ3) is 18.5. The zero-order valence-corrected chi connectivity index (χ0v) is 8.82. The van der Waals surface area contributed by atoms with Gasteiger partial charge in [0.2, 0.25) is 0 Å². The van der Waals surface area contributed by atoms with Crippen molar-refractivity contribution in [3.63, 3.8) is 0 Å². The predicted molar refractivity (Wildman–Crippen MR) is 18.8 cm³/mol. The number of amides is 2. The molecule has 0 aromatic rings. The Bertz CT molecular complexity index is 71.1. The third-order valence-corrected chi connectivity index (χ3v) is 0.203. The first-order chi connectivity index (χ1) is 2.64. The second kappa shape index (κ2) is 10.5. The summed E-state index contributed by atoms with van der Waals surface area (Å²) in [5.41, 5.74) is 6.13. The van der Waals surface area contributed by atoms with Gasteiger partial charge in [0.15, 0.2) is 0 Å². The van der Waals surface area contributed by atoms with Crippen molar-refractivity contribution >= 4 is 6.03 Å². The molecular weight excluding hydrogens is 158 g/mol. The second-order valence-corrected chi connectivity index (χ2v) is 0.529. The maximum atomic E-state index is 9.55. The third-order valence-electron chi connectivity index (χ3n) is 0.203. The van der Waals surface area contributed by atoms with E-state index in [1.807, 2.05) is 0 Å². The van der Waals surface area contributed by atoms with Crippen LogP contribution in [0.1, 0.15) is 0 Å². The Morgan fingerprint density at radius 1 is 2.00 bits per heavy atom. The van der Waals surface area contributed by atoms with Gasteiger partial charge in [-0.15, -0.1) is 0 Å². The maximum absolute atomic E-state index is 9.55. The minimum absolute atomic E-state index is 0. The van der Waals surface area contributed by atoms with Crippen molar-refractivity contribution in [1.82, 2.24) is 5.31 Å². The average molecular weight is 164 g/mol. The van der Waals surface area contributed by atoms with Crippen molar-refractivity contribution in [3.05, 3.63) is 5.73 Å². The predicted octanol–water partition coefficient (Wildman–Crippen LogP) is -2.62. The molecule has 0 spiro atoms. The minimum atomic E-state index is -0.991. The topological polar surface area (TPSA) is 52.9 Å². The quantitative estimate of drug-likeness (QED) is 0.391. The van der Waals surface area contributed by atoms with Crippen LogP contribution >= 0.6 is 0 Å². The molecule has 0 saturated heterocycles. The molecule has 0 aromatic heterocycles. The van der Waals surface area contributed by atoms with E-state index < -0.39 is 6.03 Å². The van der Waals surface area contributed by atoms with Crippen LogP contribution in [0.15, 0.2) is 0 Å². The van der Waals surface area contributed by atoms with Crippen LogP contribution in [0.3, 0.4) is 0 Å². The first kappa shape index (κ1) is 11.3. The monoisotopic (exact) mass is 164 g/mol. The Hall–Kier alpha value is 1.49. The minimum Gasteiger partial charge on any atom is -0.453 e. The van der Waals surface area contributed by atoms with Gasteiger partial charge in [-0.3, -0.25) is 4.79 Å². The van der Waals surface area contributed by atoms with E-state index in [2.05, 4.69) is 0 Å². The van der Waals surface area contributed by atoms with E-state index in [9.17, 15) is 4.79 Å². The molecule has 0 bridgehead atoms. The molecule has 3 nitrogen and oxygen atoms in total. The van der Waals surface area contributed by atoms with E-state index in [4.69, 9.17) is 7.15 Å². The molecule has 0 aromatic carbocycles. The zero-order valence-electron chi connectivity index (χ0n) is 5.30. The van der Waals surface area contributed by atoms with Crippen LogP contribution in [0.25, 0.3) is 5.73 Å². The smallest absolute Gasteiger partial charge is 0.453 e. The summed E-state index contributed by atoms with van der Waals surface area (Å²) in [7, 11) is 1.20. The van der Waals surface area contributed by atoms with Crippen molar-refractivity contribution in [1.29, 1.82) is 0 Å². The van der Waals surface area contributed by atoms with Gasteiger partial charge in [-0.25, -0.2) is 0 Å². The molecule has 0 heterocycles. The molecule has 5 heteroatoms. The summed E-state index contributed by atoms with van der Waals surface area (Å²) in [5.74, 6) is 0. The molecule has 0 saturated carbocycles. The Balaban J connectivity index is -0.000000125. The fourth-order valence-electron chi connectivity index (χ4n) is 0. The fraction of sp³-hybridized carbons (Fsp3) is 0.500. The van der Waals surface area contributed by atoms with Gasteiger partial charge in [0, 0.05) is 20.0 Å². The van der Waals surface area contributed by atoms with Crippen LogP contribution < -0.4 is 56.7 Å². The van der Waals surface area contributed by atoms with Gasteiger partial charge in [-0.2, -0.15) is 0 Å². The SMILES string of the molecule is [2H]N(C)C([NH-])=O.[K+].[V]. The summed E-state index contributed by atoms with van der Waals surface area (Å²) >= 11 is 0. The number of carbonyl (C=O) groups excluding carboxylic acids is 1. The second-order valence-electron chi connectivity index (χ2n) is 0.529. The van der Waals surface area contributed by atoms with Crippen LogP contribution in [0.4, 0.5) is 4.79 Å². The van der Waals surface area contributed by atoms with Gasteiger partial charge in [-0.05, 0) is 0 Å². The Kier molecular flexibility index (Phi) is 16.9. The molecule has 0 rings (SSSR count). The molecule has 0 fully saturated rings. The summed E-state index contributed by atoms with van der Waals surface area (Å²) in [6.07, 6.45) is 0. The number of urea groups is 1. The van der Waals surface area contributed by atoms with Gasteiger partial charge < -0.3 is 11.0 Å². The maximum Gasteiger partial charge on any atom is 1.00 e. The summed E-state index contributed by atoms with van der Waals surface area (Å²) < 4.78 is 6.33. The molecule has 0 atom stereocenters. The van der Waals surface area contributed by atoms with Crippen LogP contribution in [-0.4, -0.2) is 13.1 Å². The molecule has 35 valence electrons. The van der Waals surface area contributed by atoms with E-state index in [-0.39, 0.29) is 69.9 Å². The van der Waals surface area contributed by atoms with Crippen LogP contribution in [0.5, 0.6) is 0 Å². The molecule has 0 aliphatic heterocycles. The average Bonchev–Trinajstić information content (AvgIpc) is 1.36. The van der Waals surface area contributed by atoms with Gasteiger partial charge in [0.1, 0.15) is 6.03 Å². The summed E-state index contributed by atoms with van der Waals surface area (Å²) in [5, 5.41) is 0.444. The Morgan fingerprint density at radius 2 is 2.14 bits per heavy atom. The molecule has 0 unspecified atom stereocenters. The summed E-state index contributed by atoms with van der Waals surface area (Å²) in [6, 6.07) is -0.991. The number of nitrogens with one attached hydrogen (secondary N) is 2. The number of rotatable bonds is 0. The number of hydrogen-bond acceptors (Lipinski definition) is 1. The summed E-state index contributed by atoms with van der Waals surface area (Å²) in [4.78, 5) is 9.55. The summed E-state index contributed by atoms with van der Waals surface area (Å²) in [6.45, 7) is 0. The first-order valence-electron chi connectivity index (χ1n) is 1.57. The van der Waals surface area contributed by atoms with Crippen LogP contribution in [-0.2, 0) is 18.6 Å². The van der Waals surface area contributed by atoms with Crippen molar-refractivity contribution in [2.24, 2.45) is 0 Å². The number of hydrogen-bond donors (Lipinski definition) is 1. The van der Waals surface area contributed by atoms with E-state index in [0.717, 1.165) is 0 Å². The Morgan fingerprint density at radius 3 is 2.14 bits per heavy atom. The van der Waals surface area contributed by atoms with Gasteiger partial charge in [-0.1, -0.05) is 7.05 Å². The van der Waals surface area contributed by atoms with Crippen molar-refractivity contribution in [3.8, 4) is 0 Å². The Labute approximate surface area is 98.5 Å². The van der Waals surface area contributed by atoms with Crippen molar-refractivity contribution in [2.75, 3.05) is 7.05 Å². The first-order valence-corrected chi connectivity index (χ1v) is 1.12. The van der Waals surface area contributed by atoms with E-state index >= 15 is 0 Å². The van der Waals surface area contributed by atoms with Crippen molar-refractivity contribution < 1.29 is 76.1 Å². The van der Waals surface area contributed by atoms with E-state index in [1.54, 1.807) is 0 Å². The van der Waals surface area contributed by atoms with Crippen LogP contribution in [0.2, 0.25) is 1.41 Å². The fourth-order valence-corrected chi connectivity index (χ4v) is 0. The molecule has 7 heavy (non-hydrogen) atoms.